The van der Waals surface area contributed by atoms with Crippen molar-refractivity contribution in [2.75, 3.05) is 13.2 Å². The van der Waals surface area contributed by atoms with Crippen molar-refractivity contribution in [3.8, 4) is 11.5 Å². The molecule has 0 radical (unpaired) electrons. The molecule has 2 N–H and O–H groups in total. The number of rotatable bonds is 6. The molecule has 2 aromatic carbocycles. The number of halogens is 1. The van der Waals surface area contributed by atoms with E-state index in [4.69, 9.17) is 9.47 Å². The van der Waals surface area contributed by atoms with Crippen LogP contribution in [-0.4, -0.2) is 25.0 Å². The summed E-state index contributed by atoms with van der Waals surface area (Å²) in [5, 5.41) is 0. The van der Waals surface area contributed by atoms with E-state index in [-0.39, 0.29) is 12.2 Å². The second-order valence-corrected chi connectivity index (χ2v) is 4.68. The maximum absolute atomic E-state index is 12.8. The van der Waals surface area contributed by atoms with Gasteiger partial charge in [-0.15, -0.1) is 0 Å². The molecule has 0 aliphatic carbocycles. The molecule has 0 fully saturated rings. The van der Waals surface area contributed by atoms with Gasteiger partial charge in [-0.2, -0.15) is 0 Å². The fourth-order valence-corrected chi connectivity index (χ4v) is 1.82. The van der Waals surface area contributed by atoms with Gasteiger partial charge in [0.25, 0.3) is 11.8 Å². The summed E-state index contributed by atoms with van der Waals surface area (Å²) in [6.07, 6.45) is 0. The first kappa shape index (κ1) is 17.3. The quantitative estimate of drug-likeness (QED) is 0.794. The van der Waals surface area contributed by atoms with Crippen molar-refractivity contribution in [2.24, 2.45) is 0 Å². The zero-order chi connectivity index (χ0) is 17.4. The number of amides is 2. The summed E-state index contributed by atoms with van der Waals surface area (Å²) in [5.74, 6) is -0.589. The van der Waals surface area contributed by atoms with Crippen molar-refractivity contribution >= 4 is 11.8 Å². The monoisotopic (exact) mass is 332 g/mol. The number of para-hydroxylation sites is 2. The first-order chi connectivity index (χ1) is 11.6. The Morgan fingerprint density at radius 2 is 1.58 bits per heavy atom. The highest BCUT2D eigenvalue weighted by molar-refractivity contribution is 5.95. The maximum Gasteiger partial charge on any atom is 0.276 e. The highest BCUT2D eigenvalue weighted by Crippen LogP contribution is 2.26. The van der Waals surface area contributed by atoms with Crippen LogP contribution in [0.3, 0.4) is 0 Å². The van der Waals surface area contributed by atoms with Crippen LogP contribution in [0.5, 0.6) is 11.5 Å². The molecule has 6 nitrogen and oxygen atoms in total. The standard InChI is InChI=1S/C17H17FN2O4/c1-2-23-14-5-3-4-6-15(14)24-11-16(21)19-20-17(22)12-7-9-13(18)10-8-12/h3-10H,2,11H2,1H3,(H,19,21)(H,20,22). The van der Waals surface area contributed by atoms with Crippen molar-refractivity contribution in [3.05, 3.63) is 59.9 Å². The van der Waals surface area contributed by atoms with E-state index in [1.54, 1.807) is 24.3 Å². The van der Waals surface area contributed by atoms with Crippen LogP contribution in [0.1, 0.15) is 17.3 Å². The lowest BCUT2D eigenvalue weighted by Crippen LogP contribution is -2.43. The fraction of sp³-hybridized carbons (Fsp3) is 0.176. The molecule has 2 rings (SSSR count). The van der Waals surface area contributed by atoms with Crippen LogP contribution in [0.2, 0.25) is 0 Å². The Balaban J connectivity index is 1.81. The maximum atomic E-state index is 12.8. The predicted molar refractivity (Wildman–Crippen MR) is 85.1 cm³/mol. The molecular formula is C17H17FN2O4. The summed E-state index contributed by atoms with van der Waals surface area (Å²) in [7, 11) is 0. The number of hydrogen-bond donors (Lipinski definition) is 2. The van der Waals surface area contributed by atoms with Crippen LogP contribution in [-0.2, 0) is 4.79 Å². The summed E-state index contributed by atoms with van der Waals surface area (Å²) >= 11 is 0. The van der Waals surface area contributed by atoms with Crippen LogP contribution in [0.25, 0.3) is 0 Å². The van der Waals surface area contributed by atoms with Gasteiger partial charge in [-0.1, -0.05) is 12.1 Å². The van der Waals surface area contributed by atoms with Crippen molar-refractivity contribution < 1.29 is 23.5 Å². The SMILES string of the molecule is CCOc1ccccc1OCC(=O)NNC(=O)c1ccc(F)cc1. The van der Waals surface area contributed by atoms with E-state index in [0.29, 0.717) is 18.1 Å². The van der Waals surface area contributed by atoms with Gasteiger partial charge in [0.2, 0.25) is 0 Å². The normalized spacial score (nSPS) is 9.92. The molecule has 0 saturated heterocycles. The minimum Gasteiger partial charge on any atom is -0.490 e. The molecule has 2 aromatic rings. The lowest BCUT2D eigenvalue weighted by Gasteiger charge is -2.12. The van der Waals surface area contributed by atoms with Gasteiger partial charge < -0.3 is 9.47 Å². The second kappa shape index (κ2) is 8.52. The molecule has 126 valence electrons. The predicted octanol–water partition coefficient (Wildman–Crippen LogP) is 2.06. The van der Waals surface area contributed by atoms with E-state index < -0.39 is 17.6 Å². The van der Waals surface area contributed by atoms with E-state index in [2.05, 4.69) is 10.9 Å². The van der Waals surface area contributed by atoms with E-state index in [1.165, 1.54) is 12.1 Å². The number of carbonyl (C=O) groups excluding carboxylic acids is 2. The van der Waals surface area contributed by atoms with Gasteiger partial charge in [-0.25, -0.2) is 4.39 Å². The number of carbonyl (C=O) groups is 2. The smallest absolute Gasteiger partial charge is 0.276 e. The summed E-state index contributed by atoms with van der Waals surface area (Å²) in [4.78, 5) is 23.5. The van der Waals surface area contributed by atoms with Crippen LogP contribution in [0.4, 0.5) is 4.39 Å². The number of benzene rings is 2. The summed E-state index contributed by atoms with van der Waals surface area (Å²) in [5.41, 5.74) is 4.66. The molecule has 24 heavy (non-hydrogen) atoms. The molecule has 0 aliphatic rings. The lowest BCUT2D eigenvalue weighted by molar-refractivity contribution is -0.123. The minimum atomic E-state index is -0.557. The minimum absolute atomic E-state index is 0.222. The van der Waals surface area contributed by atoms with Gasteiger partial charge in [0.15, 0.2) is 18.1 Å². The van der Waals surface area contributed by atoms with E-state index in [0.717, 1.165) is 12.1 Å². The van der Waals surface area contributed by atoms with Crippen LogP contribution in [0, 0.1) is 5.82 Å². The highest BCUT2D eigenvalue weighted by Gasteiger charge is 2.09. The first-order valence-corrected chi connectivity index (χ1v) is 7.29. The Morgan fingerprint density at radius 3 is 2.21 bits per heavy atom. The Labute approximate surface area is 138 Å². The lowest BCUT2D eigenvalue weighted by atomic mass is 10.2. The Bertz CT molecular complexity index is 704. The molecule has 0 saturated carbocycles. The van der Waals surface area contributed by atoms with E-state index in [9.17, 15) is 14.0 Å². The third-order valence-corrected chi connectivity index (χ3v) is 2.93. The van der Waals surface area contributed by atoms with Crippen molar-refractivity contribution in [2.45, 2.75) is 6.92 Å². The third-order valence-electron chi connectivity index (χ3n) is 2.93. The average Bonchev–Trinajstić information content (AvgIpc) is 2.60. The Morgan fingerprint density at radius 1 is 0.958 bits per heavy atom. The molecule has 0 unspecified atom stereocenters. The van der Waals surface area contributed by atoms with Crippen LogP contribution < -0.4 is 20.3 Å². The average molecular weight is 332 g/mol. The van der Waals surface area contributed by atoms with E-state index >= 15 is 0 Å². The molecular weight excluding hydrogens is 315 g/mol. The summed E-state index contributed by atoms with van der Waals surface area (Å²) in [6.45, 7) is 2.02. The van der Waals surface area contributed by atoms with Crippen molar-refractivity contribution in [3.63, 3.8) is 0 Å². The van der Waals surface area contributed by atoms with Crippen molar-refractivity contribution in [1.29, 1.82) is 0 Å². The summed E-state index contributed by atoms with van der Waals surface area (Å²) < 4.78 is 23.5. The largest absolute Gasteiger partial charge is 0.490 e. The molecule has 0 heterocycles. The number of ether oxygens (including phenoxy) is 2. The van der Waals surface area contributed by atoms with Crippen LogP contribution >= 0.6 is 0 Å². The van der Waals surface area contributed by atoms with Crippen LogP contribution in [0.15, 0.2) is 48.5 Å². The number of hydrogen-bond acceptors (Lipinski definition) is 4. The highest BCUT2D eigenvalue weighted by atomic mass is 19.1. The second-order valence-electron chi connectivity index (χ2n) is 4.68. The summed E-state index contributed by atoms with van der Waals surface area (Å²) in [6, 6.07) is 11.9. The number of nitrogens with one attached hydrogen (secondary N) is 2. The molecule has 0 spiro atoms. The molecule has 7 heteroatoms. The molecule has 2 amide bonds. The van der Waals surface area contributed by atoms with Gasteiger partial charge in [0.1, 0.15) is 5.82 Å². The van der Waals surface area contributed by atoms with Gasteiger partial charge >= 0.3 is 0 Å². The van der Waals surface area contributed by atoms with Crippen molar-refractivity contribution in [1.82, 2.24) is 10.9 Å². The van der Waals surface area contributed by atoms with Gasteiger partial charge in [-0.05, 0) is 43.3 Å². The molecule has 0 aromatic heterocycles. The van der Waals surface area contributed by atoms with Gasteiger partial charge in [0, 0.05) is 5.56 Å². The third kappa shape index (κ3) is 4.98. The topological polar surface area (TPSA) is 76.7 Å². The van der Waals surface area contributed by atoms with Gasteiger partial charge in [-0.3, -0.25) is 20.4 Å². The van der Waals surface area contributed by atoms with E-state index in [1.807, 2.05) is 6.92 Å². The molecule has 0 bridgehead atoms. The molecule has 0 aliphatic heterocycles. The number of hydrazine groups is 1. The zero-order valence-electron chi connectivity index (χ0n) is 13.0. The van der Waals surface area contributed by atoms with Gasteiger partial charge in [0.05, 0.1) is 6.61 Å². The molecule has 0 atom stereocenters. The Kier molecular flexibility index (Phi) is 6.13. The first-order valence-electron chi connectivity index (χ1n) is 7.29. The Hall–Kier alpha value is -3.09. The zero-order valence-corrected chi connectivity index (χ0v) is 13.0. The fourth-order valence-electron chi connectivity index (χ4n) is 1.82.